The Morgan fingerprint density at radius 1 is 1.10 bits per heavy atom. The average Bonchev–Trinajstić information content (AvgIpc) is 3.56. The van der Waals surface area contributed by atoms with Crippen LogP contribution >= 0.6 is 0 Å². The number of nitrogens with zero attached hydrogens (tertiary/aromatic N) is 6. The monoisotopic (exact) mass is 584 g/mol. The van der Waals surface area contributed by atoms with Gasteiger partial charge in [0.2, 0.25) is 5.88 Å². The molecule has 14 heteroatoms. The summed E-state index contributed by atoms with van der Waals surface area (Å²) in [6, 6.07) is 9.42. The van der Waals surface area contributed by atoms with Gasteiger partial charge in [-0.15, -0.1) is 0 Å². The maximum absolute atomic E-state index is 13.6. The molecular formula is C28H27F3N6O5. The molecule has 0 radical (unpaired) electrons. The number of benzene rings is 1. The number of hydrogen-bond donors (Lipinski definition) is 2. The van der Waals surface area contributed by atoms with E-state index in [9.17, 15) is 22.8 Å². The number of methoxy groups -OCH3 is 1. The van der Waals surface area contributed by atoms with Crippen LogP contribution in [0, 0.1) is 6.92 Å². The molecule has 0 saturated carbocycles. The van der Waals surface area contributed by atoms with Crippen LogP contribution in [0.25, 0.3) is 17.8 Å². The summed E-state index contributed by atoms with van der Waals surface area (Å²) in [5.74, 6) is -1.69. The van der Waals surface area contributed by atoms with E-state index < -0.39 is 36.0 Å². The van der Waals surface area contributed by atoms with E-state index in [1.807, 2.05) is 29.8 Å². The average molecular weight is 585 g/mol. The molecule has 0 aliphatic carbocycles. The number of hydrogen-bond acceptors (Lipinski definition) is 7. The standard InChI is InChI=1S/C25H23F3N6O.C3H4O4/c1-16-14-33(15-29-16)21-11-9-17(30-24(21)35-2)10-12-22-31-23-19(7-5-13-34(23)32-22)18-6-3-4-8-20(18)25(26,27)28;4-2(5)1-3(6)7/h3-4,6,8-12,14-15,19H,5,7,13H2,1-2H3;1H2,(H,4,5)(H,6,7)/b12-10+;/t19-;/m0./s1. The largest absolute Gasteiger partial charge is 0.481 e. The van der Waals surface area contributed by atoms with Crippen LogP contribution in [0.2, 0.25) is 0 Å². The van der Waals surface area contributed by atoms with Crippen molar-refractivity contribution in [1.29, 1.82) is 0 Å². The third-order valence-electron chi connectivity index (χ3n) is 6.28. The van der Waals surface area contributed by atoms with Crippen molar-refractivity contribution in [1.82, 2.24) is 29.3 Å². The Morgan fingerprint density at radius 2 is 1.83 bits per heavy atom. The Hall–Kier alpha value is -5.01. The highest BCUT2D eigenvalue weighted by atomic mass is 19.4. The van der Waals surface area contributed by atoms with Crippen LogP contribution in [0.1, 0.15) is 59.3 Å². The lowest BCUT2D eigenvalue weighted by Crippen LogP contribution is -2.21. The first-order chi connectivity index (χ1) is 20.0. The molecule has 42 heavy (non-hydrogen) atoms. The van der Waals surface area contributed by atoms with Gasteiger partial charge in [0.25, 0.3) is 0 Å². The second-order valence-electron chi connectivity index (χ2n) is 9.32. The van der Waals surface area contributed by atoms with Crippen molar-refractivity contribution in [3.05, 3.63) is 83.1 Å². The summed E-state index contributed by atoms with van der Waals surface area (Å²) in [4.78, 5) is 32.2. The van der Waals surface area contributed by atoms with Gasteiger partial charge in [-0.1, -0.05) is 18.2 Å². The highest BCUT2D eigenvalue weighted by Gasteiger charge is 2.37. The van der Waals surface area contributed by atoms with E-state index in [1.54, 1.807) is 36.3 Å². The molecule has 2 N–H and O–H groups in total. The van der Waals surface area contributed by atoms with Gasteiger partial charge in [0.05, 0.1) is 30.4 Å². The van der Waals surface area contributed by atoms with E-state index in [1.165, 1.54) is 12.1 Å². The first-order valence-corrected chi connectivity index (χ1v) is 12.7. The normalized spacial score (nSPS) is 14.6. The fraction of sp³-hybridized carbons (Fsp3) is 0.286. The summed E-state index contributed by atoms with van der Waals surface area (Å²) >= 11 is 0. The highest BCUT2D eigenvalue weighted by molar-refractivity contribution is 5.88. The molecule has 1 aromatic carbocycles. The molecule has 0 fully saturated rings. The number of carbonyl (C=O) groups is 2. The lowest BCUT2D eigenvalue weighted by atomic mass is 9.88. The molecule has 0 bridgehead atoms. The fourth-order valence-corrected chi connectivity index (χ4v) is 4.52. The molecule has 0 unspecified atom stereocenters. The molecular weight excluding hydrogens is 557 g/mol. The molecule has 0 spiro atoms. The molecule has 4 heterocycles. The van der Waals surface area contributed by atoms with Crippen molar-refractivity contribution in [3.63, 3.8) is 0 Å². The Kier molecular flexibility index (Phi) is 9.03. The molecule has 0 saturated heterocycles. The second kappa shape index (κ2) is 12.7. The number of aliphatic carboxylic acids is 2. The van der Waals surface area contributed by atoms with Crippen molar-refractivity contribution < 1.29 is 37.7 Å². The lowest BCUT2D eigenvalue weighted by Gasteiger charge is -2.25. The number of rotatable bonds is 7. The van der Waals surface area contributed by atoms with Gasteiger partial charge in [-0.3, -0.25) is 9.59 Å². The minimum absolute atomic E-state index is 0.237. The number of carboxylic acid groups (broad SMARTS) is 2. The zero-order chi connectivity index (χ0) is 30.4. The number of pyridine rings is 1. The third-order valence-corrected chi connectivity index (χ3v) is 6.28. The van der Waals surface area contributed by atoms with Crippen molar-refractivity contribution in [3.8, 4) is 11.6 Å². The van der Waals surface area contributed by atoms with Crippen LogP contribution in [0.4, 0.5) is 13.2 Å². The molecule has 0 amide bonds. The molecule has 5 rings (SSSR count). The molecule has 1 atom stereocenters. The maximum Gasteiger partial charge on any atom is 0.416 e. The Bertz CT molecular complexity index is 1600. The van der Waals surface area contributed by atoms with Crippen LogP contribution in [0.15, 0.2) is 48.9 Å². The van der Waals surface area contributed by atoms with Gasteiger partial charge in [0.15, 0.2) is 5.82 Å². The lowest BCUT2D eigenvalue weighted by molar-refractivity contribution is -0.147. The van der Waals surface area contributed by atoms with E-state index >= 15 is 0 Å². The second-order valence-corrected chi connectivity index (χ2v) is 9.32. The number of carboxylic acids is 2. The highest BCUT2D eigenvalue weighted by Crippen LogP contribution is 2.40. The smallest absolute Gasteiger partial charge is 0.416 e. The van der Waals surface area contributed by atoms with Crippen LogP contribution in [0.3, 0.4) is 0 Å². The fourth-order valence-electron chi connectivity index (χ4n) is 4.52. The first kappa shape index (κ1) is 30.0. The van der Waals surface area contributed by atoms with Gasteiger partial charge >= 0.3 is 18.1 Å². The molecule has 3 aromatic heterocycles. The number of fused-ring (bicyclic) bond motifs is 1. The van der Waals surface area contributed by atoms with Gasteiger partial charge in [0.1, 0.15) is 17.9 Å². The molecule has 4 aromatic rings. The Balaban J connectivity index is 0.000000517. The van der Waals surface area contributed by atoms with Crippen LogP contribution in [0.5, 0.6) is 5.88 Å². The predicted molar refractivity (Wildman–Crippen MR) is 144 cm³/mol. The van der Waals surface area contributed by atoms with E-state index in [0.717, 1.165) is 23.9 Å². The van der Waals surface area contributed by atoms with Crippen LogP contribution in [-0.4, -0.2) is 58.6 Å². The van der Waals surface area contributed by atoms with Crippen molar-refractivity contribution >= 4 is 24.1 Å². The van der Waals surface area contributed by atoms with Gasteiger partial charge in [-0.05, 0) is 55.7 Å². The SMILES string of the molecule is COc1nc(/C=C/c2nc3n(n2)CCC[C@H]3c2ccccc2C(F)(F)F)ccc1-n1cnc(C)c1.O=C(O)CC(=O)O. The summed E-state index contributed by atoms with van der Waals surface area (Å²) in [5.41, 5.74) is 1.88. The number of imidazole rings is 1. The molecule has 220 valence electrons. The van der Waals surface area contributed by atoms with Gasteiger partial charge in [-0.2, -0.15) is 18.3 Å². The van der Waals surface area contributed by atoms with Crippen LogP contribution in [-0.2, 0) is 22.3 Å². The van der Waals surface area contributed by atoms with E-state index in [0.29, 0.717) is 36.2 Å². The maximum atomic E-state index is 13.6. The van der Waals surface area contributed by atoms with Crippen molar-refractivity contribution in [2.24, 2.45) is 0 Å². The van der Waals surface area contributed by atoms with Gasteiger partial charge in [-0.25, -0.2) is 19.6 Å². The van der Waals surface area contributed by atoms with Gasteiger partial charge in [0, 0.05) is 18.7 Å². The number of aryl methyl sites for hydroxylation is 2. The summed E-state index contributed by atoms with van der Waals surface area (Å²) < 4.78 is 49.8. The quantitative estimate of drug-likeness (QED) is 0.292. The summed E-state index contributed by atoms with van der Waals surface area (Å²) in [6.07, 6.45) is 3.12. The number of aromatic nitrogens is 6. The van der Waals surface area contributed by atoms with E-state index in [4.69, 9.17) is 14.9 Å². The number of alkyl halides is 3. The van der Waals surface area contributed by atoms with Gasteiger partial charge < -0.3 is 19.5 Å². The topological polar surface area (TPSA) is 145 Å². The van der Waals surface area contributed by atoms with E-state index in [2.05, 4.69) is 20.1 Å². The first-order valence-electron chi connectivity index (χ1n) is 12.7. The predicted octanol–water partition coefficient (Wildman–Crippen LogP) is 4.84. The summed E-state index contributed by atoms with van der Waals surface area (Å²) in [7, 11) is 1.55. The van der Waals surface area contributed by atoms with Crippen LogP contribution < -0.4 is 4.74 Å². The Labute approximate surface area is 237 Å². The number of ether oxygens (including phenoxy) is 1. The molecule has 11 nitrogen and oxygen atoms in total. The van der Waals surface area contributed by atoms with Crippen molar-refractivity contribution in [2.45, 2.75) is 44.8 Å². The summed E-state index contributed by atoms with van der Waals surface area (Å²) in [5, 5.41) is 19.9. The Morgan fingerprint density at radius 3 is 2.45 bits per heavy atom. The van der Waals surface area contributed by atoms with Crippen molar-refractivity contribution in [2.75, 3.05) is 7.11 Å². The molecule has 1 aliphatic rings. The van der Waals surface area contributed by atoms with E-state index in [-0.39, 0.29) is 5.56 Å². The zero-order valence-corrected chi connectivity index (χ0v) is 22.6. The number of halogens is 3. The zero-order valence-electron chi connectivity index (χ0n) is 22.6. The minimum atomic E-state index is -4.42. The third kappa shape index (κ3) is 7.19. The molecule has 1 aliphatic heterocycles. The minimum Gasteiger partial charge on any atom is -0.481 e. The summed E-state index contributed by atoms with van der Waals surface area (Å²) in [6.45, 7) is 2.52.